The van der Waals surface area contributed by atoms with Crippen molar-refractivity contribution in [2.24, 2.45) is 0 Å². The van der Waals surface area contributed by atoms with Crippen molar-refractivity contribution in [3.63, 3.8) is 0 Å². The molecule has 0 spiro atoms. The highest BCUT2D eigenvalue weighted by Crippen LogP contribution is 2.09. The van der Waals surface area contributed by atoms with E-state index in [0.29, 0.717) is 18.4 Å². The average molecular weight is 265 g/mol. The molecular weight excluding hydrogens is 246 g/mol. The Kier molecular flexibility index (Phi) is 6.02. The van der Waals surface area contributed by atoms with Gasteiger partial charge < -0.3 is 15.5 Å². The lowest BCUT2D eigenvalue weighted by Gasteiger charge is -2.11. The average Bonchev–Trinajstić information content (AvgIpc) is 2.38. The Labute approximate surface area is 112 Å². The predicted octanol–water partition coefficient (Wildman–Crippen LogP) is 1.20. The lowest BCUT2D eigenvalue weighted by Crippen LogP contribution is -2.34. The van der Waals surface area contributed by atoms with Crippen molar-refractivity contribution in [1.29, 1.82) is 0 Å². The summed E-state index contributed by atoms with van der Waals surface area (Å²) in [7, 11) is 0. The van der Waals surface area contributed by atoms with E-state index in [9.17, 15) is 9.59 Å². The molecule has 1 rings (SSSR count). The first-order valence-electron chi connectivity index (χ1n) is 6.25. The number of aliphatic hydroxyl groups is 1. The van der Waals surface area contributed by atoms with Crippen LogP contribution in [-0.2, 0) is 11.2 Å². The lowest BCUT2D eigenvalue weighted by atomic mass is 10.0. The SMILES string of the molecule is CC(CO)NC(=O)c1cccc(CCCC(=O)O)c1. The summed E-state index contributed by atoms with van der Waals surface area (Å²) in [5.41, 5.74) is 1.46. The van der Waals surface area contributed by atoms with Crippen molar-refractivity contribution in [3.8, 4) is 0 Å². The number of carboxylic acid groups (broad SMARTS) is 1. The van der Waals surface area contributed by atoms with Crippen LogP contribution >= 0.6 is 0 Å². The van der Waals surface area contributed by atoms with E-state index >= 15 is 0 Å². The number of hydrogen-bond donors (Lipinski definition) is 3. The van der Waals surface area contributed by atoms with Crippen LogP contribution in [0.2, 0.25) is 0 Å². The highest BCUT2D eigenvalue weighted by Gasteiger charge is 2.09. The monoisotopic (exact) mass is 265 g/mol. The number of hydrogen-bond acceptors (Lipinski definition) is 3. The van der Waals surface area contributed by atoms with Gasteiger partial charge in [0.1, 0.15) is 0 Å². The van der Waals surface area contributed by atoms with Crippen molar-refractivity contribution in [2.45, 2.75) is 32.2 Å². The second-order valence-electron chi connectivity index (χ2n) is 4.50. The minimum atomic E-state index is -0.814. The van der Waals surface area contributed by atoms with Gasteiger partial charge in [0.05, 0.1) is 6.61 Å². The van der Waals surface area contributed by atoms with E-state index in [1.165, 1.54) is 0 Å². The van der Waals surface area contributed by atoms with E-state index in [-0.39, 0.29) is 25.0 Å². The van der Waals surface area contributed by atoms with Crippen molar-refractivity contribution in [3.05, 3.63) is 35.4 Å². The molecule has 0 heterocycles. The number of aliphatic carboxylic acids is 1. The van der Waals surface area contributed by atoms with Crippen molar-refractivity contribution < 1.29 is 19.8 Å². The van der Waals surface area contributed by atoms with Gasteiger partial charge in [0, 0.05) is 18.0 Å². The first-order valence-corrected chi connectivity index (χ1v) is 6.25. The van der Waals surface area contributed by atoms with Crippen molar-refractivity contribution in [1.82, 2.24) is 5.32 Å². The number of carbonyl (C=O) groups is 2. The maximum absolute atomic E-state index is 11.8. The Morgan fingerprint density at radius 1 is 1.37 bits per heavy atom. The topological polar surface area (TPSA) is 86.6 Å². The number of nitrogens with one attached hydrogen (secondary N) is 1. The number of aryl methyl sites for hydroxylation is 1. The third kappa shape index (κ3) is 5.52. The zero-order valence-corrected chi connectivity index (χ0v) is 10.9. The summed E-state index contributed by atoms with van der Waals surface area (Å²) in [6.45, 7) is 1.61. The summed E-state index contributed by atoms with van der Waals surface area (Å²) in [6.07, 6.45) is 1.30. The van der Waals surface area contributed by atoms with E-state index < -0.39 is 5.97 Å². The Bertz CT molecular complexity index is 445. The third-order valence-electron chi connectivity index (χ3n) is 2.70. The summed E-state index contributed by atoms with van der Waals surface area (Å²) < 4.78 is 0. The molecule has 0 aromatic heterocycles. The summed E-state index contributed by atoms with van der Waals surface area (Å²) >= 11 is 0. The molecule has 1 aromatic rings. The molecular formula is C14H19NO4. The summed E-state index contributed by atoms with van der Waals surface area (Å²) in [5, 5.41) is 20.1. The van der Waals surface area contributed by atoms with Gasteiger partial charge in [-0.3, -0.25) is 9.59 Å². The van der Waals surface area contributed by atoms with Crippen LogP contribution in [0, 0.1) is 0 Å². The molecule has 0 fully saturated rings. The normalized spacial score (nSPS) is 11.9. The van der Waals surface area contributed by atoms with Gasteiger partial charge >= 0.3 is 5.97 Å². The van der Waals surface area contributed by atoms with Gasteiger partial charge in [-0.15, -0.1) is 0 Å². The van der Waals surface area contributed by atoms with Gasteiger partial charge in [-0.1, -0.05) is 12.1 Å². The second-order valence-corrected chi connectivity index (χ2v) is 4.50. The van der Waals surface area contributed by atoms with Crippen LogP contribution < -0.4 is 5.32 Å². The molecule has 1 aromatic carbocycles. The Balaban J connectivity index is 2.60. The molecule has 1 atom stereocenters. The molecule has 0 radical (unpaired) electrons. The Hall–Kier alpha value is -1.88. The molecule has 5 nitrogen and oxygen atoms in total. The fourth-order valence-corrected chi connectivity index (χ4v) is 1.66. The van der Waals surface area contributed by atoms with Crippen LogP contribution in [0.5, 0.6) is 0 Å². The van der Waals surface area contributed by atoms with E-state index in [4.69, 9.17) is 10.2 Å². The van der Waals surface area contributed by atoms with E-state index in [2.05, 4.69) is 5.32 Å². The van der Waals surface area contributed by atoms with Crippen molar-refractivity contribution >= 4 is 11.9 Å². The van der Waals surface area contributed by atoms with E-state index in [0.717, 1.165) is 5.56 Å². The van der Waals surface area contributed by atoms with Crippen LogP contribution in [0.4, 0.5) is 0 Å². The van der Waals surface area contributed by atoms with Gasteiger partial charge in [0.25, 0.3) is 5.91 Å². The van der Waals surface area contributed by atoms with Crippen LogP contribution in [0.3, 0.4) is 0 Å². The van der Waals surface area contributed by atoms with Crippen LogP contribution in [0.25, 0.3) is 0 Å². The highest BCUT2D eigenvalue weighted by atomic mass is 16.4. The summed E-state index contributed by atoms with van der Waals surface area (Å²) in [6, 6.07) is 6.80. The van der Waals surface area contributed by atoms with Gasteiger partial charge in [-0.05, 0) is 37.5 Å². The summed E-state index contributed by atoms with van der Waals surface area (Å²) in [4.78, 5) is 22.3. The maximum Gasteiger partial charge on any atom is 0.303 e. The van der Waals surface area contributed by atoms with Gasteiger partial charge in [-0.2, -0.15) is 0 Å². The van der Waals surface area contributed by atoms with Crippen LogP contribution in [-0.4, -0.2) is 34.7 Å². The smallest absolute Gasteiger partial charge is 0.303 e. The highest BCUT2D eigenvalue weighted by molar-refractivity contribution is 5.94. The van der Waals surface area contributed by atoms with Crippen LogP contribution in [0.1, 0.15) is 35.7 Å². The standard InChI is InChI=1S/C14H19NO4/c1-10(9-16)15-14(19)12-6-2-4-11(8-12)5-3-7-13(17)18/h2,4,6,8,10,16H,3,5,7,9H2,1H3,(H,15,19)(H,17,18). The molecule has 0 aliphatic rings. The predicted molar refractivity (Wildman–Crippen MR) is 71.0 cm³/mol. The molecule has 5 heteroatoms. The number of rotatable bonds is 7. The largest absolute Gasteiger partial charge is 0.481 e. The minimum absolute atomic E-state index is 0.107. The molecule has 0 saturated heterocycles. The Morgan fingerprint density at radius 2 is 2.11 bits per heavy atom. The van der Waals surface area contributed by atoms with Gasteiger partial charge in [0.2, 0.25) is 0 Å². The molecule has 19 heavy (non-hydrogen) atoms. The molecule has 0 bridgehead atoms. The van der Waals surface area contributed by atoms with E-state index in [1.54, 1.807) is 25.1 Å². The number of aliphatic hydroxyl groups excluding tert-OH is 1. The molecule has 0 aliphatic heterocycles. The number of carboxylic acids is 1. The molecule has 1 amide bonds. The zero-order valence-electron chi connectivity index (χ0n) is 10.9. The molecule has 1 unspecified atom stereocenters. The van der Waals surface area contributed by atoms with Gasteiger partial charge in [-0.25, -0.2) is 0 Å². The minimum Gasteiger partial charge on any atom is -0.481 e. The fourth-order valence-electron chi connectivity index (χ4n) is 1.66. The Morgan fingerprint density at radius 3 is 2.74 bits per heavy atom. The lowest BCUT2D eigenvalue weighted by molar-refractivity contribution is -0.137. The molecule has 0 saturated carbocycles. The molecule has 0 aliphatic carbocycles. The first kappa shape index (κ1) is 15.2. The second kappa shape index (κ2) is 7.53. The van der Waals surface area contributed by atoms with Gasteiger partial charge in [0.15, 0.2) is 0 Å². The number of amides is 1. The fraction of sp³-hybridized carbons (Fsp3) is 0.429. The number of benzene rings is 1. The van der Waals surface area contributed by atoms with E-state index in [1.807, 2.05) is 6.07 Å². The van der Waals surface area contributed by atoms with Crippen molar-refractivity contribution in [2.75, 3.05) is 6.61 Å². The summed E-state index contributed by atoms with van der Waals surface area (Å²) in [5.74, 6) is -1.05. The third-order valence-corrected chi connectivity index (χ3v) is 2.70. The molecule has 3 N–H and O–H groups in total. The molecule has 104 valence electrons. The first-order chi connectivity index (χ1) is 9.02. The number of carbonyl (C=O) groups excluding carboxylic acids is 1. The quantitative estimate of drug-likeness (QED) is 0.691. The van der Waals surface area contributed by atoms with Crippen LogP contribution in [0.15, 0.2) is 24.3 Å². The maximum atomic E-state index is 11.8. The zero-order chi connectivity index (χ0) is 14.3.